The highest BCUT2D eigenvalue weighted by atomic mass is 35.5. The maximum absolute atomic E-state index is 9.16. The number of halogens is 1. The second-order valence-corrected chi connectivity index (χ2v) is 2.87. The highest BCUT2D eigenvalue weighted by Crippen LogP contribution is 2.20. The minimum Gasteiger partial charge on any atom is -0.508 e. The normalized spacial score (nSPS) is 10.8. The predicted molar refractivity (Wildman–Crippen MR) is 52.1 cm³/mol. The molecule has 0 aliphatic heterocycles. The lowest BCUT2D eigenvalue weighted by Gasteiger charge is -1.96. The van der Waals surface area contributed by atoms with Crippen LogP contribution in [0.15, 0.2) is 24.3 Å². The number of hydrogen-bond acceptors (Lipinski definition) is 1. The van der Waals surface area contributed by atoms with E-state index in [0.29, 0.717) is 5.02 Å². The minimum atomic E-state index is 0.186. The largest absolute Gasteiger partial charge is 0.508 e. The number of hydrogen-bond donors (Lipinski definition) is 1. The monoisotopic (exact) mass is 181 g/mol. The van der Waals surface area contributed by atoms with Crippen molar-refractivity contribution in [3.8, 4) is 5.75 Å². The number of rotatable bonds is 2. The highest BCUT2D eigenvalue weighted by molar-refractivity contribution is 6.30. The van der Waals surface area contributed by atoms with Crippen molar-refractivity contribution in [2.45, 2.75) is 6.42 Å². The van der Waals surface area contributed by atoms with Gasteiger partial charge in [-0.2, -0.15) is 0 Å². The molecule has 1 nitrogen and oxygen atoms in total. The van der Waals surface area contributed by atoms with Gasteiger partial charge in [0.05, 0.1) is 0 Å². The van der Waals surface area contributed by atoms with Crippen LogP contribution < -0.4 is 0 Å². The quantitative estimate of drug-likeness (QED) is 0.743. The summed E-state index contributed by atoms with van der Waals surface area (Å²) in [7, 11) is 0. The summed E-state index contributed by atoms with van der Waals surface area (Å²) in [4.78, 5) is 0. The van der Waals surface area contributed by atoms with Crippen LogP contribution in [0.1, 0.15) is 12.0 Å². The van der Waals surface area contributed by atoms with Crippen molar-refractivity contribution in [3.63, 3.8) is 0 Å². The summed E-state index contributed by atoms with van der Waals surface area (Å²) < 4.78 is 0. The molecule has 0 bridgehead atoms. The maximum atomic E-state index is 9.16. The Morgan fingerprint density at radius 3 is 2.75 bits per heavy atom. The molecule has 1 rings (SSSR count). The van der Waals surface area contributed by atoms with Crippen LogP contribution in [-0.4, -0.2) is 5.11 Å². The Bertz CT molecular complexity index is 272. The van der Waals surface area contributed by atoms with Gasteiger partial charge in [-0.15, -0.1) is 0 Å². The first-order valence-corrected chi connectivity index (χ1v) is 4.05. The van der Waals surface area contributed by atoms with E-state index >= 15 is 0 Å². The fourth-order valence-corrected chi connectivity index (χ4v) is 1.15. The van der Waals surface area contributed by atoms with Gasteiger partial charge in [0.15, 0.2) is 0 Å². The fraction of sp³-hybridized carbons (Fsp3) is 0.100. The van der Waals surface area contributed by atoms with E-state index in [2.05, 4.69) is 6.92 Å². The Kier molecular flexibility index (Phi) is 3.18. The standard InChI is InChI=1S/C10H10ClO/c1-2-3-4-8-5-9(11)7-10(12)6-8/h3-7,12H,1-2H2. The lowest BCUT2D eigenvalue weighted by atomic mass is 10.2. The van der Waals surface area contributed by atoms with Crippen molar-refractivity contribution in [2.24, 2.45) is 0 Å². The maximum Gasteiger partial charge on any atom is 0.117 e. The number of benzene rings is 1. The van der Waals surface area contributed by atoms with Crippen LogP contribution in [0, 0.1) is 6.92 Å². The topological polar surface area (TPSA) is 20.2 Å². The summed E-state index contributed by atoms with van der Waals surface area (Å²) in [6.45, 7) is 3.66. The van der Waals surface area contributed by atoms with Crippen LogP contribution in [0.2, 0.25) is 5.02 Å². The zero-order valence-corrected chi connectivity index (χ0v) is 7.38. The first-order valence-electron chi connectivity index (χ1n) is 3.67. The highest BCUT2D eigenvalue weighted by Gasteiger charge is 1.93. The number of allylic oxidation sites excluding steroid dienone is 1. The van der Waals surface area contributed by atoms with Crippen molar-refractivity contribution < 1.29 is 5.11 Å². The summed E-state index contributed by atoms with van der Waals surface area (Å²) in [5, 5.41) is 9.70. The van der Waals surface area contributed by atoms with Crippen molar-refractivity contribution >= 4 is 17.7 Å². The number of aromatic hydroxyl groups is 1. The van der Waals surface area contributed by atoms with Gasteiger partial charge in [-0.05, 0) is 37.1 Å². The minimum absolute atomic E-state index is 0.186. The molecule has 0 spiro atoms. The molecule has 12 heavy (non-hydrogen) atoms. The zero-order chi connectivity index (χ0) is 8.97. The van der Waals surface area contributed by atoms with Crippen molar-refractivity contribution in [3.05, 3.63) is 41.8 Å². The molecule has 0 saturated heterocycles. The van der Waals surface area contributed by atoms with E-state index in [-0.39, 0.29) is 5.75 Å². The molecule has 1 N–H and O–H groups in total. The second-order valence-electron chi connectivity index (χ2n) is 2.43. The number of phenolic OH excluding ortho intramolecular Hbond substituents is 1. The zero-order valence-electron chi connectivity index (χ0n) is 6.63. The van der Waals surface area contributed by atoms with E-state index in [1.165, 1.54) is 6.07 Å². The van der Waals surface area contributed by atoms with E-state index in [4.69, 9.17) is 16.7 Å². The fourth-order valence-electron chi connectivity index (χ4n) is 0.912. The molecule has 63 valence electrons. The molecular formula is C10H10ClO. The lowest BCUT2D eigenvalue weighted by Crippen LogP contribution is -1.72. The molecule has 0 saturated carbocycles. The third-order valence-corrected chi connectivity index (χ3v) is 1.60. The molecule has 1 radical (unpaired) electrons. The SMILES string of the molecule is [CH2]CC=Cc1cc(O)cc(Cl)c1. The number of phenols is 1. The average molecular weight is 182 g/mol. The van der Waals surface area contributed by atoms with E-state index in [1.807, 2.05) is 12.2 Å². The van der Waals surface area contributed by atoms with Gasteiger partial charge < -0.3 is 5.11 Å². The average Bonchev–Trinajstić information content (AvgIpc) is 1.99. The van der Waals surface area contributed by atoms with Crippen LogP contribution in [0.25, 0.3) is 6.08 Å². The molecule has 1 aromatic carbocycles. The van der Waals surface area contributed by atoms with E-state index in [9.17, 15) is 0 Å². The van der Waals surface area contributed by atoms with Gasteiger partial charge in [0.25, 0.3) is 0 Å². The lowest BCUT2D eigenvalue weighted by molar-refractivity contribution is 0.475. The Hall–Kier alpha value is -0.950. The molecule has 0 aliphatic carbocycles. The van der Waals surface area contributed by atoms with E-state index < -0.39 is 0 Å². The van der Waals surface area contributed by atoms with Gasteiger partial charge in [0.2, 0.25) is 0 Å². The summed E-state index contributed by atoms with van der Waals surface area (Å²) in [5.74, 6) is 0.186. The molecule has 0 fully saturated rings. The molecule has 2 heteroatoms. The Morgan fingerprint density at radius 1 is 1.42 bits per heavy atom. The van der Waals surface area contributed by atoms with Crippen LogP contribution >= 0.6 is 11.6 Å². The Morgan fingerprint density at radius 2 is 2.17 bits per heavy atom. The molecular weight excluding hydrogens is 172 g/mol. The predicted octanol–water partition coefficient (Wildman–Crippen LogP) is 3.28. The first kappa shape index (κ1) is 9.14. The van der Waals surface area contributed by atoms with Crippen molar-refractivity contribution in [2.75, 3.05) is 0 Å². The summed E-state index contributed by atoms with van der Waals surface area (Å²) in [6, 6.07) is 4.94. The molecule has 0 atom stereocenters. The molecule has 0 aliphatic rings. The summed E-state index contributed by atoms with van der Waals surface area (Å²) >= 11 is 5.72. The van der Waals surface area contributed by atoms with Crippen molar-refractivity contribution in [1.29, 1.82) is 0 Å². The molecule has 0 amide bonds. The van der Waals surface area contributed by atoms with Gasteiger partial charge in [-0.25, -0.2) is 0 Å². The molecule has 1 aromatic rings. The first-order chi connectivity index (χ1) is 5.72. The van der Waals surface area contributed by atoms with Gasteiger partial charge in [-0.1, -0.05) is 23.8 Å². The molecule has 0 unspecified atom stereocenters. The summed E-state index contributed by atoms with van der Waals surface area (Å²) in [5.41, 5.74) is 0.892. The van der Waals surface area contributed by atoms with E-state index in [1.54, 1.807) is 12.1 Å². The Balaban J connectivity index is 2.93. The van der Waals surface area contributed by atoms with Gasteiger partial charge in [0.1, 0.15) is 5.75 Å². The van der Waals surface area contributed by atoms with Crippen molar-refractivity contribution in [1.82, 2.24) is 0 Å². The second kappa shape index (κ2) is 4.17. The van der Waals surface area contributed by atoms with Crippen LogP contribution in [0.4, 0.5) is 0 Å². The van der Waals surface area contributed by atoms with Gasteiger partial charge in [0, 0.05) is 5.02 Å². The van der Waals surface area contributed by atoms with Gasteiger partial charge >= 0.3 is 0 Å². The Labute approximate surface area is 77.3 Å². The van der Waals surface area contributed by atoms with Crippen LogP contribution in [-0.2, 0) is 0 Å². The molecule has 0 heterocycles. The third kappa shape index (κ3) is 2.59. The molecule has 0 aromatic heterocycles. The third-order valence-electron chi connectivity index (χ3n) is 1.38. The summed E-state index contributed by atoms with van der Waals surface area (Å²) in [6.07, 6.45) is 4.51. The smallest absolute Gasteiger partial charge is 0.117 e. The van der Waals surface area contributed by atoms with Gasteiger partial charge in [-0.3, -0.25) is 0 Å². The van der Waals surface area contributed by atoms with E-state index in [0.717, 1.165) is 12.0 Å². The van der Waals surface area contributed by atoms with Crippen LogP contribution in [0.3, 0.4) is 0 Å². The van der Waals surface area contributed by atoms with Crippen LogP contribution in [0.5, 0.6) is 5.75 Å².